The Labute approximate surface area is 146 Å². The zero-order valence-electron chi connectivity index (χ0n) is 14.3. The van der Waals surface area contributed by atoms with Crippen molar-refractivity contribution in [3.8, 4) is 11.5 Å². The lowest BCUT2D eigenvalue weighted by Crippen LogP contribution is -2.44. The van der Waals surface area contributed by atoms with E-state index in [1.807, 2.05) is 6.07 Å². The van der Waals surface area contributed by atoms with Gasteiger partial charge in [0.1, 0.15) is 11.3 Å². The van der Waals surface area contributed by atoms with Gasteiger partial charge in [-0.1, -0.05) is 13.0 Å². The molecule has 0 saturated carbocycles. The van der Waals surface area contributed by atoms with Gasteiger partial charge in [-0.2, -0.15) is 0 Å². The molecule has 2 aromatic rings. The molecule has 1 amide bonds. The number of aromatic nitrogens is 3. The van der Waals surface area contributed by atoms with Crippen molar-refractivity contribution in [2.24, 2.45) is 0 Å². The lowest BCUT2D eigenvalue weighted by atomic mass is 10.1. The summed E-state index contributed by atoms with van der Waals surface area (Å²) in [7, 11) is 0. The summed E-state index contributed by atoms with van der Waals surface area (Å²) in [6.07, 6.45) is 5.76. The number of nitrogens with zero attached hydrogens (tertiary/aromatic N) is 3. The van der Waals surface area contributed by atoms with Crippen molar-refractivity contribution in [1.29, 1.82) is 0 Å². The first-order chi connectivity index (χ1) is 12.2. The molecule has 1 fully saturated rings. The molecule has 1 aliphatic heterocycles. The molecular weight excluding hydrogens is 320 g/mol. The van der Waals surface area contributed by atoms with Crippen molar-refractivity contribution in [1.82, 2.24) is 19.9 Å². The van der Waals surface area contributed by atoms with Gasteiger partial charge in [0, 0.05) is 32.1 Å². The molecule has 1 saturated heterocycles. The van der Waals surface area contributed by atoms with Gasteiger partial charge in [-0.15, -0.1) is 0 Å². The molecule has 0 bridgehead atoms. The summed E-state index contributed by atoms with van der Waals surface area (Å²) in [6, 6.07) is 5.35. The van der Waals surface area contributed by atoms with Gasteiger partial charge in [-0.3, -0.25) is 14.6 Å². The molecule has 1 atom stereocenters. The molecule has 0 aliphatic carbocycles. The van der Waals surface area contributed by atoms with Crippen molar-refractivity contribution >= 4 is 5.91 Å². The van der Waals surface area contributed by atoms with Crippen LogP contribution in [-0.4, -0.2) is 51.6 Å². The maximum Gasteiger partial charge on any atom is 0.264 e. The highest BCUT2D eigenvalue weighted by Gasteiger charge is 2.26. The molecule has 2 aromatic heterocycles. The average Bonchev–Trinajstić information content (AvgIpc) is 2.66. The minimum atomic E-state index is -0.447. The fourth-order valence-corrected chi connectivity index (χ4v) is 2.89. The topological polar surface area (TPSA) is 88.2 Å². The van der Waals surface area contributed by atoms with Gasteiger partial charge < -0.3 is 14.6 Å². The minimum Gasteiger partial charge on any atom is -0.376 e. The maximum absolute atomic E-state index is 12.7. The van der Waals surface area contributed by atoms with E-state index in [1.165, 1.54) is 6.20 Å². The number of pyridine rings is 1. The molecule has 3 heterocycles. The second-order valence-electron chi connectivity index (χ2n) is 6.08. The Bertz CT molecular complexity index is 775. The lowest BCUT2D eigenvalue weighted by molar-refractivity contribution is 0.00204. The third-order valence-electron chi connectivity index (χ3n) is 4.16. The van der Waals surface area contributed by atoms with Crippen LogP contribution in [0.2, 0.25) is 0 Å². The number of nitrogens with one attached hydrogen (secondary N) is 1. The van der Waals surface area contributed by atoms with Crippen LogP contribution >= 0.6 is 0 Å². The van der Waals surface area contributed by atoms with Crippen molar-refractivity contribution in [2.75, 3.05) is 19.7 Å². The van der Waals surface area contributed by atoms with E-state index in [9.17, 15) is 9.59 Å². The first-order valence-corrected chi connectivity index (χ1v) is 8.60. The minimum absolute atomic E-state index is 0.0393. The first kappa shape index (κ1) is 17.3. The molecule has 132 valence electrons. The summed E-state index contributed by atoms with van der Waals surface area (Å²) in [5, 5.41) is 0. The molecule has 7 nitrogen and oxygen atoms in total. The van der Waals surface area contributed by atoms with E-state index < -0.39 is 5.56 Å². The van der Waals surface area contributed by atoms with Crippen LogP contribution in [-0.2, 0) is 4.74 Å². The summed E-state index contributed by atoms with van der Waals surface area (Å²) in [5.74, 6) is 0.0519. The molecule has 3 rings (SSSR count). The molecule has 0 spiro atoms. The number of carbonyl (C=O) groups is 1. The van der Waals surface area contributed by atoms with Crippen molar-refractivity contribution < 1.29 is 9.53 Å². The molecule has 0 radical (unpaired) electrons. The Balaban J connectivity index is 1.75. The normalized spacial score (nSPS) is 17.5. The fourth-order valence-electron chi connectivity index (χ4n) is 2.89. The predicted octanol–water partition coefficient (Wildman–Crippen LogP) is 1.86. The standard InChI is InChI=1S/C18H22N4O3/c1-2-10-25-13-6-5-9-22(12-13)18(24)14-11-20-16(21-17(14)23)15-7-3-4-8-19-15/h3-4,7-8,11,13H,2,5-6,9-10,12H2,1H3,(H,20,21,23)/t13-/m1/s1. The van der Waals surface area contributed by atoms with E-state index >= 15 is 0 Å². The monoisotopic (exact) mass is 342 g/mol. The van der Waals surface area contributed by atoms with E-state index in [2.05, 4.69) is 21.9 Å². The zero-order valence-corrected chi connectivity index (χ0v) is 14.3. The Morgan fingerprint density at radius 3 is 3.00 bits per heavy atom. The number of rotatable bonds is 5. The molecule has 0 unspecified atom stereocenters. The number of amides is 1. The summed E-state index contributed by atoms with van der Waals surface area (Å²) < 4.78 is 5.75. The SMILES string of the molecule is CCCO[C@@H]1CCCN(C(=O)c2cnc(-c3ccccn3)[nH]c2=O)C1. The smallest absolute Gasteiger partial charge is 0.264 e. The Morgan fingerprint density at radius 2 is 2.28 bits per heavy atom. The number of H-pyrrole nitrogens is 1. The molecule has 7 heteroatoms. The van der Waals surface area contributed by atoms with Crippen molar-refractivity contribution in [2.45, 2.75) is 32.3 Å². The Morgan fingerprint density at radius 1 is 1.40 bits per heavy atom. The highest BCUT2D eigenvalue weighted by atomic mass is 16.5. The predicted molar refractivity (Wildman–Crippen MR) is 93.3 cm³/mol. The highest BCUT2D eigenvalue weighted by Crippen LogP contribution is 2.16. The fraction of sp³-hybridized carbons (Fsp3) is 0.444. The Hall–Kier alpha value is -2.54. The van der Waals surface area contributed by atoms with E-state index in [1.54, 1.807) is 23.2 Å². The van der Waals surface area contributed by atoms with Gasteiger partial charge in [-0.05, 0) is 31.4 Å². The van der Waals surface area contributed by atoms with Crippen LogP contribution < -0.4 is 5.56 Å². The van der Waals surface area contributed by atoms with Crippen LogP contribution in [0.1, 0.15) is 36.5 Å². The second-order valence-corrected chi connectivity index (χ2v) is 6.08. The van der Waals surface area contributed by atoms with Gasteiger partial charge in [-0.25, -0.2) is 4.98 Å². The third-order valence-corrected chi connectivity index (χ3v) is 4.16. The van der Waals surface area contributed by atoms with E-state index in [0.717, 1.165) is 19.3 Å². The number of carbonyl (C=O) groups excluding carboxylic acids is 1. The second kappa shape index (κ2) is 8.02. The quantitative estimate of drug-likeness (QED) is 0.896. The van der Waals surface area contributed by atoms with Crippen LogP contribution in [0.25, 0.3) is 11.5 Å². The van der Waals surface area contributed by atoms with Gasteiger partial charge >= 0.3 is 0 Å². The highest BCUT2D eigenvalue weighted by molar-refractivity contribution is 5.93. The number of aromatic amines is 1. The Kier molecular flexibility index (Phi) is 5.55. The van der Waals surface area contributed by atoms with Crippen molar-refractivity contribution in [3.63, 3.8) is 0 Å². The number of ether oxygens (including phenoxy) is 1. The van der Waals surface area contributed by atoms with Crippen LogP contribution in [0.5, 0.6) is 0 Å². The number of hydrogen-bond donors (Lipinski definition) is 1. The largest absolute Gasteiger partial charge is 0.376 e. The van der Waals surface area contributed by atoms with Gasteiger partial charge in [0.15, 0.2) is 5.82 Å². The van der Waals surface area contributed by atoms with Gasteiger partial charge in [0.2, 0.25) is 0 Å². The van der Waals surface area contributed by atoms with Crippen LogP contribution in [0.15, 0.2) is 35.4 Å². The van der Waals surface area contributed by atoms with E-state index in [0.29, 0.717) is 31.2 Å². The van der Waals surface area contributed by atoms with E-state index in [4.69, 9.17) is 4.74 Å². The van der Waals surface area contributed by atoms with Crippen LogP contribution in [0.4, 0.5) is 0 Å². The summed E-state index contributed by atoms with van der Waals surface area (Å²) >= 11 is 0. The average molecular weight is 342 g/mol. The molecule has 1 N–H and O–H groups in total. The van der Waals surface area contributed by atoms with Crippen LogP contribution in [0, 0.1) is 0 Å². The molecule has 0 aromatic carbocycles. The molecule has 25 heavy (non-hydrogen) atoms. The van der Waals surface area contributed by atoms with E-state index in [-0.39, 0.29) is 17.6 Å². The molecule has 1 aliphatic rings. The number of likely N-dealkylation sites (tertiary alicyclic amines) is 1. The van der Waals surface area contributed by atoms with Gasteiger partial charge in [0.05, 0.1) is 6.10 Å². The third kappa shape index (κ3) is 4.11. The van der Waals surface area contributed by atoms with Crippen LogP contribution in [0.3, 0.4) is 0 Å². The zero-order chi connectivity index (χ0) is 17.6. The molecular formula is C18H22N4O3. The maximum atomic E-state index is 12.7. The lowest BCUT2D eigenvalue weighted by Gasteiger charge is -2.32. The number of piperidine rings is 1. The summed E-state index contributed by atoms with van der Waals surface area (Å²) in [5.41, 5.74) is 0.165. The number of hydrogen-bond acceptors (Lipinski definition) is 5. The van der Waals surface area contributed by atoms with Gasteiger partial charge in [0.25, 0.3) is 11.5 Å². The summed E-state index contributed by atoms with van der Waals surface area (Å²) in [4.78, 5) is 37.7. The van der Waals surface area contributed by atoms with Crippen molar-refractivity contribution in [3.05, 3.63) is 46.5 Å². The summed E-state index contributed by atoms with van der Waals surface area (Å²) in [6.45, 7) is 3.89. The first-order valence-electron chi connectivity index (χ1n) is 8.60.